The molecule has 0 saturated carbocycles. The molecular formula is C19H16BrF2N3O2. The normalized spacial score (nSPS) is 10.8. The minimum absolute atomic E-state index is 0.0507. The second-order valence-electron chi connectivity index (χ2n) is 5.94. The largest absolute Gasteiger partial charge is 0.472 e. The van der Waals surface area contributed by atoms with Crippen LogP contribution in [-0.4, -0.2) is 9.55 Å². The van der Waals surface area contributed by atoms with Crippen LogP contribution in [0.2, 0.25) is 0 Å². The van der Waals surface area contributed by atoms with Gasteiger partial charge in [0.1, 0.15) is 28.5 Å². The van der Waals surface area contributed by atoms with Gasteiger partial charge in [0.2, 0.25) is 5.88 Å². The molecule has 0 aliphatic heterocycles. The second kappa shape index (κ2) is 7.87. The molecule has 0 atom stereocenters. The third-order valence-corrected chi connectivity index (χ3v) is 4.65. The number of benzene rings is 2. The van der Waals surface area contributed by atoms with E-state index in [1.54, 1.807) is 19.1 Å². The zero-order valence-electron chi connectivity index (χ0n) is 14.4. The topological polar surface area (TPSA) is 70.1 Å². The lowest BCUT2D eigenvalue weighted by molar-refractivity contribution is 0.282. The van der Waals surface area contributed by atoms with E-state index < -0.39 is 11.6 Å². The number of nitrogens with zero attached hydrogens (tertiary/aromatic N) is 2. The molecule has 3 aromatic rings. The Bertz CT molecular complexity index is 1040. The van der Waals surface area contributed by atoms with Crippen LogP contribution in [0.4, 0.5) is 14.5 Å². The molecule has 0 bridgehead atoms. The number of rotatable bonds is 5. The Morgan fingerprint density at radius 1 is 1.19 bits per heavy atom. The van der Waals surface area contributed by atoms with E-state index in [-0.39, 0.29) is 28.1 Å². The van der Waals surface area contributed by atoms with Gasteiger partial charge in [-0.05, 0) is 52.7 Å². The van der Waals surface area contributed by atoms with Crippen LogP contribution < -0.4 is 16.0 Å². The van der Waals surface area contributed by atoms with E-state index in [4.69, 9.17) is 10.5 Å². The van der Waals surface area contributed by atoms with E-state index in [9.17, 15) is 13.6 Å². The van der Waals surface area contributed by atoms with Crippen molar-refractivity contribution < 1.29 is 13.5 Å². The average molecular weight is 436 g/mol. The van der Waals surface area contributed by atoms with Crippen LogP contribution in [-0.2, 0) is 13.2 Å². The minimum Gasteiger partial charge on any atom is -0.472 e. The lowest BCUT2D eigenvalue weighted by atomic mass is 10.2. The quantitative estimate of drug-likeness (QED) is 0.618. The monoisotopic (exact) mass is 435 g/mol. The summed E-state index contributed by atoms with van der Waals surface area (Å²) in [5, 5.41) is 0. The molecule has 0 saturated heterocycles. The van der Waals surface area contributed by atoms with E-state index in [1.165, 1.54) is 10.6 Å². The molecule has 0 amide bonds. The highest BCUT2D eigenvalue weighted by Gasteiger charge is 2.15. The number of halogens is 3. The predicted molar refractivity (Wildman–Crippen MR) is 102 cm³/mol. The highest BCUT2D eigenvalue weighted by atomic mass is 79.9. The third kappa shape index (κ3) is 4.33. The van der Waals surface area contributed by atoms with Gasteiger partial charge in [-0.25, -0.2) is 8.78 Å². The number of anilines is 1. The number of aryl methyl sites for hydroxylation is 1. The smallest absolute Gasteiger partial charge is 0.272 e. The van der Waals surface area contributed by atoms with Crippen molar-refractivity contribution in [3.05, 3.63) is 85.9 Å². The number of hydrogen-bond donors (Lipinski definition) is 1. The van der Waals surface area contributed by atoms with E-state index >= 15 is 0 Å². The van der Waals surface area contributed by atoms with Crippen molar-refractivity contribution in [3.63, 3.8) is 0 Å². The van der Waals surface area contributed by atoms with Crippen molar-refractivity contribution in [3.8, 4) is 5.88 Å². The molecule has 2 N–H and O–H groups in total. The molecule has 5 nitrogen and oxygen atoms in total. The van der Waals surface area contributed by atoms with Crippen molar-refractivity contribution in [2.75, 3.05) is 5.73 Å². The standard InChI is InChI=1S/C19H16BrF2N3O2/c1-11-24-18(27-10-13-4-5-14(21)8-16(13)22)17(20)19(26)25(11)9-12-2-6-15(23)7-3-12/h2-8H,9-10,23H2,1H3. The highest BCUT2D eigenvalue weighted by molar-refractivity contribution is 9.10. The van der Waals surface area contributed by atoms with Gasteiger partial charge in [0.25, 0.3) is 5.56 Å². The summed E-state index contributed by atoms with van der Waals surface area (Å²) in [5.74, 6) is -0.902. The van der Waals surface area contributed by atoms with Gasteiger partial charge in [0, 0.05) is 17.3 Å². The average Bonchev–Trinajstić information content (AvgIpc) is 2.63. The van der Waals surface area contributed by atoms with E-state index in [0.29, 0.717) is 18.1 Å². The molecule has 1 aromatic heterocycles. The number of nitrogen functional groups attached to an aromatic ring is 1. The maximum atomic E-state index is 13.7. The Labute approximate surface area is 162 Å². The Morgan fingerprint density at radius 2 is 1.89 bits per heavy atom. The van der Waals surface area contributed by atoms with E-state index in [0.717, 1.165) is 17.7 Å². The Hall–Kier alpha value is -2.74. The molecule has 8 heteroatoms. The molecule has 0 aliphatic rings. The second-order valence-corrected chi connectivity index (χ2v) is 6.73. The molecule has 1 heterocycles. The summed E-state index contributed by atoms with van der Waals surface area (Å²) in [6, 6.07) is 10.4. The summed E-state index contributed by atoms with van der Waals surface area (Å²) in [6.07, 6.45) is 0. The third-order valence-electron chi connectivity index (χ3n) is 3.97. The maximum Gasteiger partial charge on any atom is 0.272 e. The molecule has 27 heavy (non-hydrogen) atoms. The van der Waals surface area contributed by atoms with Crippen LogP contribution in [0.3, 0.4) is 0 Å². The highest BCUT2D eigenvalue weighted by Crippen LogP contribution is 2.21. The first-order valence-corrected chi connectivity index (χ1v) is 8.82. The van der Waals surface area contributed by atoms with E-state index in [2.05, 4.69) is 20.9 Å². The van der Waals surface area contributed by atoms with Gasteiger partial charge in [-0.1, -0.05) is 12.1 Å². The zero-order chi connectivity index (χ0) is 19.6. The van der Waals surface area contributed by atoms with Crippen molar-refractivity contribution >= 4 is 21.6 Å². The van der Waals surface area contributed by atoms with Crippen LogP contribution in [0, 0.1) is 18.6 Å². The fourth-order valence-corrected chi connectivity index (χ4v) is 2.90. The maximum absolute atomic E-state index is 13.7. The van der Waals surface area contributed by atoms with Gasteiger partial charge in [-0.3, -0.25) is 9.36 Å². The zero-order valence-corrected chi connectivity index (χ0v) is 16.0. The molecule has 2 aromatic carbocycles. The summed E-state index contributed by atoms with van der Waals surface area (Å²) in [6.45, 7) is 1.82. The number of aromatic nitrogens is 2. The SMILES string of the molecule is Cc1nc(OCc2ccc(F)cc2F)c(Br)c(=O)n1Cc1ccc(N)cc1. The van der Waals surface area contributed by atoms with Crippen molar-refractivity contribution in [2.24, 2.45) is 0 Å². The van der Waals surface area contributed by atoms with Crippen molar-refractivity contribution in [1.29, 1.82) is 0 Å². The van der Waals surface area contributed by atoms with Crippen LogP contribution in [0.5, 0.6) is 5.88 Å². The Morgan fingerprint density at radius 3 is 2.56 bits per heavy atom. The summed E-state index contributed by atoms with van der Waals surface area (Å²) in [7, 11) is 0. The Balaban J connectivity index is 1.83. The molecule has 3 rings (SSSR count). The predicted octanol–water partition coefficient (Wildman–Crippen LogP) is 3.80. The molecule has 0 unspecified atom stereocenters. The lowest BCUT2D eigenvalue weighted by Gasteiger charge is -2.14. The summed E-state index contributed by atoms with van der Waals surface area (Å²) in [4.78, 5) is 16.9. The fourth-order valence-electron chi connectivity index (χ4n) is 2.49. The van der Waals surface area contributed by atoms with Gasteiger partial charge >= 0.3 is 0 Å². The first kappa shape index (κ1) is 19.0. The number of hydrogen-bond acceptors (Lipinski definition) is 4. The molecule has 0 fully saturated rings. The van der Waals surface area contributed by atoms with Crippen molar-refractivity contribution in [1.82, 2.24) is 9.55 Å². The first-order valence-electron chi connectivity index (χ1n) is 8.03. The molecule has 0 radical (unpaired) electrons. The van der Waals surface area contributed by atoms with Crippen LogP contribution in [0.15, 0.2) is 51.7 Å². The summed E-state index contributed by atoms with van der Waals surface area (Å²) >= 11 is 3.20. The first-order chi connectivity index (χ1) is 12.8. The fraction of sp³-hybridized carbons (Fsp3) is 0.158. The molecule has 0 spiro atoms. The molecule has 0 aliphatic carbocycles. The van der Waals surface area contributed by atoms with Crippen LogP contribution in [0.1, 0.15) is 17.0 Å². The van der Waals surface area contributed by atoms with Gasteiger partial charge in [-0.15, -0.1) is 0 Å². The number of nitrogens with two attached hydrogens (primary N) is 1. The van der Waals surface area contributed by atoms with Crippen LogP contribution in [0.25, 0.3) is 0 Å². The molecule has 140 valence electrons. The lowest BCUT2D eigenvalue weighted by Crippen LogP contribution is -2.25. The summed E-state index contributed by atoms with van der Waals surface area (Å²) < 4.78 is 33.8. The minimum atomic E-state index is -0.723. The van der Waals surface area contributed by atoms with Gasteiger partial charge in [0.05, 0.1) is 6.54 Å². The summed E-state index contributed by atoms with van der Waals surface area (Å²) in [5.41, 5.74) is 7.04. The number of ether oxygens (including phenoxy) is 1. The van der Waals surface area contributed by atoms with Gasteiger partial charge < -0.3 is 10.5 Å². The van der Waals surface area contributed by atoms with Gasteiger partial charge in [0.15, 0.2) is 0 Å². The van der Waals surface area contributed by atoms with Crippen molar-refractivity contribution in [2.45, 2.75) is 20.1 Å². The Kier molecular flexibility index (Phi) is 5.55. The van der Waals surface area contributed by atoms with Gasteiger partial charge in [-0.2, -0.15) is 4.98 Å². The van der Waals surface area contributed by atoms with E-state index in [1.807, 2.05) is 12.1 Å². The molecular weight excluding hydrogens is 420 g/mol. The van der Waals surface area contributed by atoms with Crippen LogP contribution >= 0.6 is 15.9 Å².